The first-order chi connectivity index (χ1) is 11.0. The van der Waals surface area contributed by atoms with Crippen LogP contribution in [0.1, 0.15) is 32.2 Å². The lowest BCUT2D eigenvalue weighted by molar-refractivity contribution is 0.102. The molecule has 0 radical (unpaired) electrons. The topological polar surface area (TPSA) is 42.9 Å². The Bertz CT molecular complexity index is 899. The van der Waals surface area contributed by atoms with Crippen molar-refractivity contribution in [3.8, 4) is 0 Å². The highest BCUT2D eigenvalue weighted by Crippen LogP contribution is 2.35. The van der Waals surface area contributed by atoms with Gasteiger partial charge in [0.2, 0.25) is 0 Å². The number of hydrogen-bond acceptors (Lipinski definition) is 5. The van der Waals surface area contributed by atoms with Gasteiger partial charge in [-0.15, -0.1) is 11.3 Å². The van der Waals surface area contributed by atoms with Crippen LogP contribution in [0.15, 0.2) is 29.3 Å². The van der Waals surface area contributed by atoms with Crippen molar-refractivity contribution in [1.82, 2.24) is 9.97 Å². The normalized spacial score (nSPS) is 11.1. The summed E-state index contributed by atoms with van der Waals surface area (Å²) in [6.07, 6.45) is 0. The summed E-state index contributed by atoms with van der Waals surface area (Å²) in [5.41, 5.74) is 3.03. The third-order valence-electron chi connectivity index (χ3n) is 3.89. The van der Waals surface area contributed by atoms with Crippen LogP contribution in [0.3, 0.4) is 0 Å². The summed E-state index contributed by atoms with van der Waals surface area (Å²) in [5, 5.41) is 2.01. The van der Waals surface area contributed by atoms with Gasteiger partial charge in [0.25, 0.3) is 0 Å². The van der Waals surface area contributed by atoms with Crippen molar-refractivity contribution in [2.45, 2.75) is 32.7 Å². The van der Waals surface area contributed by atoms with Crippen LogP contribution in [0.5, 0.6) is 0 Å². The number of ketones is 1. The van der Waals surface area contributed by atoms with Crippen molar-refractivity contribution in [2.75, 3.05) is 5.75 Å². The molecule has 0 aliphatic rings. The molecule has 0 aliphatic carbocycles. The van der Waals surface area contributed by atoms with Crippen LogP contribution < -0.4 is 0 Å². The minimum Gasteiger partial charge on any atom is -0.293 e. The smallest absolute Gasteiger partial charge is 0.173 e. The molecular formula is C18H18N2OS2. The number of carbonyl (C=O) groups excluding carboxylic acids is 1. The van der Waals surface area contributed by atoms with E-state index in [1.165, 1.54) is 22.2 Å². The van der Waals surface area contributed by atoms with Gasteiger partial charge < -0.3 is 0 Å². The summed E-state index contributed by atoms with van der Waals surface area (Å²) in [5.74, 6) is 1.29. The zero-order valence-electron chi connectivity index (χ0n) is 13.6. The van der Waals surface area contributed by atoms with E-state index in [0.717, 1.165) is 32.2 Å². The van der Waals surface area contributed by atoms with Gasteiger partial charge in [-0.2, -0.15) is 0 Å². The molecule has 23 heavy (non-hydrogen) atoms. The molecule has 0 aliphatic heterocycles. The molecular weight excluding hydrogens is 324 g/mol. The van der Waals surface area contributed by atoms with Gasteiger partial charge in [0, 0.05) is 15.8 Å². The van der Waals surface area contributed by atoms with E-state index >= 15 is 0 Å². The molecule has 0 atom stereocenters. The molecule has 0 saturated heterocycles. The van der Waals surface area contributed by atoms with E-state index < -0.39 is 0 Å². The fraction of sp³-hybridized carbons (Fsp3) is 0.278. The Morgan fingerprint density at radius 3 is 2.61 bits per heavy atom. The summed E-state index contributed by atoms with van der Waals surface area (Å²) >= 11 is 3.20. The predicted molar refractivity (Wildman–Crippen MR) is 97.9 cm³/mol. The Kier molecular flexibility index (Phi) is 4.50. The molecule has 2 heterocycles. The second-order valence-corrected chi connectivity index (χ2v) is 7.73. The Morgan fingerprint density at radius 1 is 1.13 bits per heavy atom. The Morgan fingerprint density at radius 2 is 1.87 bits per heavy atom. The maximum atomic E-state index is 12.5. The number of hydrogen-bond donors (Lipinski definition) is 0. The quantitative estimate of drug-likeness (QED) is 0.384. The minimum absolute atomic E-state index is 0.141. The van der Waals surface area contributed by atoms with E-state index in [4.69, 9.17) is 0 Å². The molecule has 5 heteroatoms. The Labute approximate surface area is 144 Å². The van der Waals surface area contributed by atoms with Gasteiger partial charge in [0.15, 0.2) is 5.78 Å². The number of benzene rings is 1. The average Bonchev–Trinajstić information content (AvgIpc) is 2.79. The predicted octanol–water partition coefficient (Wildman–Crippen LogP) is 4.90. The average molecular weight is 342 g/mol. The molecule has 0 amide bonds. The second kappa shape index (κ2) is 6.42. The van der Waals surface area contributed by atoms with Crippen molar-refractivity contribution in [3.63, 3.8) is 0 Å². The number of fused-ring (bicyclic) bond motifs is 1. The third-order valence-corrected chi connectivity index (χ3v) is 5.97. The number of aryl methyl sites for hydroxylation is 4. The Hall–Kier alpha value is -1.72. The lowest BCUT2D eigenvalue weighted by atomic mass is 10.1. The van der Waals surface area contributed by atoms with Gasteiger partial charge in [-0.1, -0.05) is 36.0 Å². The van der Waals surface area contributed by atoms with E-state index in [2.05, 4.69) is 23.8 Å². The third kappa shape index (κ3) is 3.16. The first kappa shape index (κ1) is 16.1. The van der Waals surface area contributed by atoms with Crippen LogP contribution in [0.4, 0.5) is 0 Å². The molecule has 1 aromatic carbocycles. The molecule has 118 valence electrons. The van der Waals surface area contributed by atoms with Gasteiger partial charge in [-0.3, -0.25) is 4.79 Å². The van der Waals surface area contributed by atoms with Crippen molar-refractivity contribution in [2.24, 2.45) is 0 Å². The number of aromatic nitrogens is 2. The molecule has 0 fully saturated rings. The standard InChI is InChI=1S/C18H18N2OS2/c1-10-7-5-6-8-14(10)15(21)9-22-17-16-11(2)12(3)23-18(16)20-13(4)19-17/h5-8H,9H2,1-4H3. The second-order valence-electron chi connectivity index (χ2n) is 5.57. The molecule has 0 spiro atoms. The highest BCUT2D eigenvalue weighted by atomic mass is 32.2. The van der Waals surface area contributed by atoms with Crippen LogP contribution in [0.25, 0.3) is 10.2 Å². The highest BCUT2D eigenvalue weighted by molar-refractivity contribution is 8.00. The number of thiophene rings is 1. The zero-order chi connectivity index (χ0) is 16.6. The molecule has 0 unspecified atom stereocenters. The summed E-state index contributed by atoms with van der Waals surface area (Å²) in [4.78, 5) is 23.9. The van der Waals surface area contributed by atoms with Crippen LogP contribution in [-0.4, -0.2) is 21.5 Å². The maximum absolute atomic E-state index is 12.5. The van der Waals surface area contributed by atoms with Crippen LogP contribution >= 0.6 is 23.1 Å². The van der Waals surface area contributed by atoms with Crippen molar-refractivity contribution < 1.29 is 4.79 Å². The minimum atomic E-state index is 0.141. The molecule has 2 aromatic heterocycles. The van der Waals surface area contributed by atoms with Gasteiger partial charge in [0.05, 0.1) is 5.75 Å². The fourth-order valence-corrected chi connectivity index (χ4v) is 4.67. The van der Waals surface area contributed by atoms with Crippen LogP contribution in [0, 0.1) is 27.7 Å². The Balaban J connectivity index is 1.90. The molecule has 0 saturated carbocycles. The first-order valence-corrected chi connectivity index (χ1v) is 9.23. The first-order valence-electron chi connectivity index (χ1n) is 7.43. The number of thioether (sulfide) groups is 1. The van der Waals surface area contributed by atoms with Crippen LogP contribution in [-0.2, 0) is 0 Å². The van der Waals surface area contributed by atoms with Crippen LogP contribution in [0.2, 0.25) is 0 Å². The number of rotatable bonds is 4. The monoisotopic (exact) mass is 342 g/mol. The molecule has 3 nitrogen and oxygen atoms in total. The van der Waals surface area contributed by atoms with E-state index in [1.54, 1.807) is 11.3 Å². The van der Waals surface area contributed by atoms with E-state index in [0.29, 0.717) is 5.75 Å². The fourth-order valence-electron chi connectivity index (χ4n) is 2.52. The van der Waals surface area contributed by atoms with E-state index in [1.807, 2.05) is 38.1 Å². The summed E-state index contributed by atoms with van der Waals surface area (Å²) in [7, 11) is 0. The van der Waals surface area contributed by atoms with Crippen molar-refractivity contribution in [3.05, 3.63) is 51.7 Å². The van der Waals surface area contributed by atoms with E-state index in [9.17, 15) is 4.79 Å². The highest BCUT2D eigenvalue weighted by Gasteiger charge is 2.16. The van der Waals surface area contributed by atoms with Gasteiger partial charge >= 0.3 is 0 Å². The molecule has 0 N–H and O–H groups in total. The number of nitrogens with zero attached hydrogens (tertiary/aromatic N) is 2. The number of Topliss-reactive ketones (excluding diaryl/α,β-unsaturated/α-hetero) is 1. The van der Waals surface area contributed by atoms with E-state index in [-0.39, 0.29) is 5.78 Å². The van der Waals surface area contributed by atoms with Gasteiger partial charge in [-0.25, -0.2) is 9.97 Å². The van der Waals surface area contributed by atoms with Gasteiger partial charge in [0.1, 0.15) is 15.7 Å². The molecule has 3 rings (SSSR count). The summed E-state index contributed by atoms with van der Waals surface area (Å²) < 4.78 is 0. The number of carbonyl (C=O) groups is 1. The van der Waals surface area contributed by atoms with Crippen molar-refractivity contribution >= 4 is 39.1 Å². The SMILES string of the molecule is Cc1nc(SCC(=O)c2ccccc2C)c2c(C)c(C)sc2n1. The summed E-state index contributed by atoms with van der Waals surface area (Å²) in [6, 6.07) is 7.72. The van der Waals surface area contributed by atoms with Gasteiger partial charge in [-0.05, 0) is 38.8 Å². The largest absolute Gasteiger partial charge is 0.293 e. The van der Waals surface area contributed by atoms with Crippen molar-refractivity contribution in [1.29, 1.82) is 0 Å². The summed E-state index contributed by atoms with van der Waals surface area (Å²) in [6.45, 7) is 8.07. The molecule has 0 bridgehead atoms. The lowest BCUT2D eigenvalue weighted by Crippen LogP contribution is -2.05. The molecule has 3 aromatic rings. The maximum Gasteiger partial charge on any atom is 0.173 e. The zero-order valence-corrected chi connectivity index (χ0v) is 15.3. The lowest BCUT2D eigenvalue weighted by Gasteiger charge is -2.06.